The van der Waals surface area contributed by atoms with E-state index in [4.69, 9.17) is 4.74 Å². The molecule has 0 bridgehead atoms. The molecule has 0 amide bonds. The van der Waals surface area contributed by atoms with E-state index in [-0.39, 0.29) is 0 Å². The number of benzene rings is 3. The number of hydrogen-bond donors (Lipinski definition) is 2. The quantitative estimate of drug-likeness (QED) is 0.662. The molecule has 0 saturated heterocycles. The molecule has 3 aromatic rings. The average molecular weight is 292 g/mol. The van der Waals surface area contributed by atoms with Gasteiger partial charge in [-0.25, -0.2) is 5.43 Å². The first-order valence-corrected chi connectivity index (χ1v) is 7.54. The smallest absolute Gasteiger partial charge is 0.119 e. The fourth-order valence-electron chi connectivity index (χ4n) is 2.41. The predicted octanol–water partition coefficient (Wildman–Crippen LogP) is 4.36. The normalized spacial score (nSPS) is 10.6. The Labute approximate surface area is 130 Å². The van der Waals surface area contributed by atoms with Gasteiger partial charge in [-0.3, -0.25) is 0 Å². The zero-order valence-electron chi connectivity index (χ0n) is 12.7. The van der Waals surface area contributed by atoms with Gasteiger partial charge in [0.2, 0.25) is 0 Å². The van der Waals surface area contributed by atoms with Gasteiger partial charge in [0.1, 0.15) is 5.75 Å². The summed E-state index contributed by atoms with van der Waals surface area (Å²) in [5.74, 6) is 0.923. The molecule has 2 N–H and O–H groups in total. The number of para-hydroxylation sites is 1. The van der Waals surface area contributed by atoms with Crippen molar-refractivity contribution >= 4 is 16.5 Å². The second-order valence-corrected chi connectivity index (χ2v) is 5.12. The molecule has 0 saturated carbocycles. The fourth-order valence-corrected chi connectivity index (χ4v) is 2.41. The van der Waals surface area contributed by atoms with Crippen molar-refractivity contribution in [3.63, 3.8) is 0 Å². The van der Waals surface area contributed by atoms with Crippen LogP contribution in [-0.2, 0) is 6.54 Å². The summed E-state index contributed by atoms with van der Waals surface area (Å²) in [4.78, 5) is 0. The molecule has 112 valence electrons. The van der Waals surface area contributed by atoms with Gasteiger partial charge in [-0.15, -0.1) is 0 Å². The Morgan fingerprint density at radius 1 is 0.864 bits per heavy atom. The third kappa shape index (κ3) is 3.57. The Morgan fingerprint density at radius 2 is 1.64 bits per heavy atom. The number of rotatable bonds is 6. The molecule has 0 spiro atoms. The molecule has 0 fully saturated rings. The van der Waals surface area contributed by atoms with Gasteiger partial charge in [-0.1, -0.05) is 36.4 Å². The number of ether oxygens (including phenoxy) is 1. The number of nitrogens with one attached hydrogen (secondary N) is 2. The molecule has 0 radical (unpaired) electrons. The molecule has 3 heteroatoms. The fraction of sp³-hybridized carbons (Fsp3) is 0.158. The number of hydrogen-bond acceptors (Lipinski definition) is 3. The number of anilines is 1. The highest BCUT2D eigenvalue weighted by molar-refractivity contribution is 5.84. The van der Waals surface area contributed by atoms with Crippen molar-refractivity contribution in [3.05, 3.63) is 72.3 Å². The van der Waals surface area contributed by atoms with Gasteiger partial charge in [-0.2, -0.15) is 0 Å². The molecule has 0 aromatic heterocycles. The third-order valence-corrected chi connectivity index (χ3v) is 3.49. The molecular formula is C19H20N2O. The second-order valence-electron chi connectivity index (χ2n) is 5.12. The predicted molar refractivity (Wildman–Crippen MR) is 92.0 cm³/mol. The summed E-state index contributed by atoms with van der Waals surface area (Å²) in [6, 6.07) is 22.8. The summed E-state index contributed by atoms with van der Waals surface area (Å²) < 4.78 is 5.54. The van der Waals surface area contributed by atoms with Crippen molar-refractivity contribution in [1.29, 1.82) is 0 Å². The molecule has 3 aromatic carbocycles. The second kappa shape index (κ2) is 6.96. The van der Waals surface area contributed by atoms with Crippen LogP contribution in [0.15, 0.2) is 66.7 Å². The standard InChI is InChI=1S/C19H20N2O/c1-2-22-19-11-10-16-12-15(8-9-17(16)13-19)14-20-21-18-6-4-3-5-7-18/h3-13,20-21H,2,14H2,1H3. The summed E-state index contributed by atoms with van der Waals surface area (Å²) in [7, 11) is 0. The SMILES string of the molecule is CCOc1ccc2cc(CNNc3ccccc3)ccc2c1. The lowest BCUT2D eigenvalue weighted by molar-refractivity contribution is 0.341. The van der Waals surface area contributed by atoms with Gasteiger partial charge in [0.25, 0.3) is 0 Å². The molecule has 22 heavy (non-hydrogen) atoms. The van der Waals surface area contributed by atoms with E-state index in [1.165, 1.54) is 16.3 Å². The molecule has 3 rings (SSSR count). The Morgan fingerprint density at radius 3 is 2.45 bits per heavy atom. The van der Waals surface area contributed by atoms with Crippen LogP contribution in [0.1, 0.15) is 12.5 Å². The molecule has 0 aliphatic carbocycles. The first kappa shape index (κ1) is 14.4. The van der Waals surface area contributed by atoms with Crippen LogP contribution in [0.4, 0.5) is 5.69 Å². The molecule has 0 atom stereocenters. The van der Waals surface area contributed by atoms with Crippen molar-refractivity contribution < 1.29 is 4.74 Å². The van der Waals surface area contributed by atoms with Crippen LogP contribution in [0, 0.1) is 0 Å². The van der Waals surface area contributed by atoms with Gasteiger partial charge in [0.05, 0.1) is 6.61 Å². The molecule has 0 aliphatic rings. The van der Waals surface area contributed by atoms with Crippen molar-refractivity contribution in [2.24, 2.45) is 0 Å². The zero-order valence-corrected chi connectivity index (χ0v) is 12.7. The Kier molecular flexibility index (Phi) is 4.56. The van der Waals surface area contributed by atoms with E-state index in [9.17, 15) is 0 Å². The van der Waals surface area contributed by atoms with E-state index < -0.39 is 0 Å². The van der Waals surface area contributed by atoms with Crippen molar-refractivity contribution in [3.8, 4) is 5.75 Å². The van der Waals surface area contributed by atoms with Gasteiger partial charge < -0.3 is 10.2 Å². The average Bonchev–Trinajstić information content (AvgIpc) is 2.56. The van der Waals surface area contributed by atoms with E-state index in [2.05, 4.69) is 41.2 Å². The summed E-state index contributed by atoms with van der Waals surface area (Å²) in [6.07, 6.45) is 0. The monoisotopic (exact) mass is 292 g/mol. The number of hydrazine groups is 1. The summed E-state index contributed by atoms with van der Waals surface area (Å²) in [5, 5.41) is 2.42. The lowest BCUT2D eigenvalue weighted by atomic mass is 10.1. The minimum Gasteiger partial charge on any atom is -0.494 e. The van der Waals surface area contributed by atoms with Gasteiger partial charge in [-0.05, 0) is 53.6 Å². The first-order valence-electron chi connectivity index (χ1n) is 7.54. The highest BCUT2D eigenvalue weighted by Crippen LogP contribution is 2.22. The molecule has 0 aliphatic heterocycles. The highest BCUT2D eigenvalue weighted by atomic mass is 16.5. The minimum atomic E-state index is 0.693. The molecular weight excluding hydrogens is 272 g/mol. The highest BCUT2D eigenvalue weighted by Gasteiger charge is 1.99. The van der Waals surface area contributed by atoms with Crippen LogP contribution < -0.4 is 15.6 Å². The maximum atomic E-state index is 5.54. The van der Waals surface area contributed by atoms with Gasteiger partial charge in [0, 0.05) is 12.2 Å². The lowest BCUT2D eigenvalue weighted by Gasteiger charge is -2.10. The van der Waals surface area contributed by atoms with E-state index in [1.54, 1.807) is 0 Å². The molecule has 3 nitrogen and oxygen atoms in total. The summed E-state index contributed by atoms with van der Waals surface area (Å²) >= 11 is 0. The van der Waals surface area contributed by atoms with Crippen LogP contribution in [0.5, 0.6) is 5.75 Å². The zero-order chi connectivity index (χ0) is 15.2. The van der Waals surface area contributed by atoms with E-state index in [1.807, 2.05) is 43.3 Å². The van der Waals surface area contributed by atoms with Crippen LogP contribution >= 0.6 is 0 Å². The maximum Gasteiger partial charge on any atom is 0.119 e. The van der Waals surface area contributed by atoms with Crippen LogP contribution in [0.25, 0.3) is 10.8 Å². The molecule has 0 heterocycles. The Bertz CT molecular complexity index is 741. The Hall–Kier alpha value is -2.52. The third-order valence-electron chi connectivity index (χ3n) is 3.49. The van der Waals surface area contributed by atoms with Crippen LogP contribution in [0.2, 0.25) is 0 Å². The number of fused-ring (bicyclic) bond motifs is 1. The lowest BCUT2D eigenvalue weighted by Crippen LogP contribution is -2.20. The van der Waals surface area contributed by atoms with Crippen molar-refractivity contribution in [2.45, 2.75) is 13.5 Å². The van der Waals surface area contributed by atoms with Gasteiger partial charge >= 0.3 is 0 Å². The van der Waals surface area contributed by atoms with Gasteiger partial charge in [0.15, 0.2) is 0 Å². The van der Waals surface area contributed by atoms with Crippen LogP contribution in [0.3, 0.4) is 0 Å². The summed E-state index contributed by atoms with van der Waals surface area (Å²) in [6.45, 7) is 3.45. The van der Waals surface area contributed by atoms with Crippen molar-refractivity contribution in [2.75, 3.05) is 12.0 Å². The summed E-state index contributed by atoms with van der Waals surface area (Å²) in [5.41, 5.74) is 8.73. The Balaban J connectivity index is 1.66. The van der Waals surface area contributed by atoms with Crippen LogP contribution in [-0.4, -0.2) is 6.61 Å². The maximum absolute atomic E-state index is 5.54. The minimum absolute atomic E-state index is 0.693. The van der Waals surface area contributed by atoms with E-state index in [0.29, 0.717) is 6.61 Å². The largest absolute Gasteiger partial charge is 0.494 e. The van der Waals surface area contributed by atoms with E-state index >= 15 is 0 Å². The van der Waals surface area contributed by atoms with E-state index in [0.717, 1.165) is 18.0 Å². The molecule has 0 unspecified atom stereocenters. The van der Waals surface area contributed by atoms with Crippen molar-refractivity contribution in [1.82, 2.24) is 5.43 Å². The first-order chi connectivity index (χ1) is 10.8. The topological polar surface area (TPSA) is 33.3 Å².